The lowest BCUT2D eigenvalue weighted by molar-refractivity contribution is 0.191. The highest BCUT2D eigenvalue weighted by molar-refractivity contribution is 5.46. The van der Waals surface area contributed by atoms with Gasteiger partial charge >= 0.3 is 0 Å². The van der Waals surface area contributed by atoms with Gasteiger partial charge in [0.25, 0.3) is 0 Å². The van der Waals surface area contributed by atoms with Gasteiger partial charge in [-0.25, -0.2) is 0 Å². The van der Waals surface area contributed by atoms with E-state index in [0.29, 0.717) is 12.2 Å². The van der Waals surface area contributed by atoms with Gasteiger partial charge in [-0.1, -0.05) is 24.3 Å². The summed E-state index contributed by atoms with van der Waals surface area (Å²) in [6.45, 7) is 2.52. The molecule has 0 aliphatic carbocycles. The maximum atomic E-state index is 10.0. The third kappa shape index (κ3) is 3.25. The lowest BCUT2D eigenvalue weighted by Gasteiger charge is -2.13. The van der Waals surface area contributed by atoms with Gasteiger partial charge in [0.1, 0.15) is 0 Å². The molecule has 2 rings (SSSR count). The zero-order valence-electron chi connectivity index (χ0n) is 10.4. The molecule has 4 N–H and O–H groups in total. The minimum absolute atomic E-state index is 0.480. The highest BCUT2D eigenvalue weighted by atomic mass is 16.3. The van der Waals surface area contributed by atoms with Crippen LogP contribution in [0.3, 0.4) is 0 Å². The molecule has 2 aromatic rings. The normalized spacial score (nSPS) is 12.1. The van der Waals surface area contributed by atoms with Crippen molar-refractivity contribution in [1.29, 1.82) is 0 Å². The smallest absolute Gasteiger partial charge is 0.0962 e. The van der Waals surface area contributed by atoms with Crippen molar-refractivity contribution < 1.29 is 5.11 Å². The van der Waals surface area contributed by atoms with Crippen molar-refractivity contribution in [2.24, 2.45) is 0 Å². The molecule has 1 atom stereocenters. The van der Waals surface area contributed by atoms with E-state index in [1.807, 2.05) is 37.3 Å². The molecule has 0 saturated carbocycles. The molecule has 1 unspecified atom stereocenters. The van der Waals surface area contributed by atoms with Crippen LogP contribution in [0.1, 0.15) is 17.2 Å². The third-order valence-electron chi connectivity index (χ3n) is 2.84. The minimum Gasteiger partial charge on any atom is -0.399 e. The van der Waals surface area contributed by atoms with E-state index in [-0.39, 0.29) is 0 Å². The molecule has 94 valence electrons. The standard InChI is InChI=1S/C15H18N2O/c1-11-3-2-4-14(9-11)17-10-15(18)12-5-7-13(16)8-6-12/h2-9,15,17-18H,10,16H2,1H3. The van der Waals surface area contributed by atoms with E-state index in [0.717, 1.165) is 11.3 Å². The van der Waals surface area contributed by atoms with E-state index in [2.05, 4.69) is 11.4 Å². The molecule has 0 heterocycles. The fraction of sp³-hybridized carbons (Fsp3) is 0.200. The Hall–Kier alpha value is -2.00. The predicted octanol–water partition coefficient (Wildman–Crippen LogP) is 2.72. The van der Waals surface area contributed by atoms with Gasteiger partial charge in [-0.3, -0.25) is 0 Å². The number of rotatable bonds is 4. The van der Waals surface area contributed by atoms with Crippen LogP contribution >= 0.6 is 0 Å². The Bertz CT molecular complexity index is 508. The highest BCUT2D eigenvalue weighted by Crippen LogP contribution is 2.16. The van der Waals surface area contributed by atoms with Gasteiger partial charge in [0.05, 0.1) is 6.10 Å². The van der Waals surface area contributed by atoms with Crippen LogP contribution in [0.25, 0.3) is 0 Å². The van der Waals surface area contributed by atoms with Gasteiger partial charge in [0.2, 0.25) is 0 Å². The zero-order valence-corrected chi connectivity index (χ0v) is 10.4. The molecule has 0 saturated heterocycles. The van der Waals surface area contributed by atoms with Gasteiger partial charge in [0, 0.05) is 17.9 Å². The van der Waals surface area contributed by atoms with Gasteiger partial charge in [0.15, 0.2) is 0 Å². The number of nitrogens with one attached hydrogen (secondary N) is 1. The largest absolute Gasteiger partial charge is 0.399 e. The molecule has 18 heavy (non-hydrogen) atoms. The molecular weight excluding hydrogens is 224 g/mol. The average Bonchev–Trinajstić information content (AvgIpc) is 2.37. The first-order chi connectivity index (χ1) is 8.65. The van der Waals surface area contributed by atoms with E-state index in [1.54, 1.807) is 12.1 Å². The van der Waals surface area contributed by atoms with Crippen LogP contribution in [0.5, 0.6) is 0 Å². The van der Waals surface area contributed by atoms with Crippen LogP contribution < -0.4 is 11.1 Å². The Kier molecular flexibility index (Phi) is 3.85. The minimum atomic E-state index is -0.536. The summed E-state index contributed by atoms with van der Waals surface area (Å²) >= 11 is 0. The van der Waals surface area contributed by atoms with E-state index >= 15 is 0 Å². The molecule has 0 aliphatic heterocycles. The Balaban J connectivity index is 1.96. The molecule has 0 amide bonds. The Morgan fingerprint density at radius 2 is 1.89 bits per heavy atom. The molecule has 0 aromatic heterocycles. The zero-order chi connectivity index (χ0) is 13.0. The van der Waals surface area contributed by atoms with Crippen molar-refractivity contribution in [2.75, 3.05) is 17.6 Å². The lowest BCUT2D eigenvalue weighted by Crippen LogP contribution is -2.12. The van der Waals surface area contributed by atoms with Gasteiger partial charge < -0.3 is 16.2 Å². The molecule has 3 heteroatoms. The van der Waals surface area contributed by atoms with E-state index < -0.39 is 6.10 Å². The maximum absolute atomic E-state index is 10.0. The number of nitrogens with two attached hydrogens (primary N) is 1. The summed E-state index contributed by atoms with van der Waals surface area (Å²) in [6.07, 6.45) is -0.536. The molecule has 0 aliphatic rings. The molecule has 0 spiro atoms. The molecule has 2 aromatic carbocycles. The van der Waals surface area contributed by atoms with Crippen LogP contribution in [-0.2, 0) is 0 Å². The number of hydrogen-bond acceptors (Lipinski definition) is 3. The second kappa shape index (κ2) is 5.56. The van der Waals surface area contributed by atoms with Crippen LogP contribution in [-0.4, -0.2) is 11.7 Å². The van der Waals surface area contributed by atoms with Crippen LogP contribution in [0.2, 0.25) is 0 Å². The number of benzene rings is 2. The fourth-order valence-corrected chi connectivity index (χ4v) is 1.81. The molecular formula is C15H18N2O. The van der Waals surface area contributed by atoms with Gasteiger partial charge in [-0.15, -0.1) is 0 Å². The monoisotopic (exact) mass is 242 g/mol. The number of aliphatic hydroxyl groups is 1. The van der Waals surface area contributed by atoms with Crippen LogP contribution in [0.15, 0.2) is 48.5 Å². The van der Waals surface area contributed by atoms with Crippen molar-refractivity contribution in [3.63, 3.8) is 0 Å². The number of aliphatic hydroxyl groups excluding tert-OH is 1. The van der Waals surface area contributed by atoms with Crippen molar-refractivity contribution >= 4 is 11.4 Å². The fourth-order valence-electron chi connectivity index (χ4n) is 1.81. The summed E-state index contributed by atoms with van der Waals surface area (Å²) in [7, 11) is 0. The number of nitrogen functional groups attached to an aromatic ring is 1. The first-order valence-corrected chi connectivity index (χ1v) is 5.99. The Labute approximate surface area is 107 Å². The topological polar surface area (TPSA) is 58.3 Å². The number of hydrogen-bond donors (Lipinski definition) is 3. The van der Waals surface area contributed by atoms with Crippen molar-refractivity contribution in [2.45, 2.75) is 13.0 Å². The average molecular weight is 242 g/mol. The summed E-state index contributed by atoms with van der Waals surface area (Å²) < 4.78 is 0. The van der Waals surface area contributed by atoms with Crippen LogP contribution in [0.4, 0.5) is 11.4 Å². The van der Waals surface area contributed by atoms with Gasteiger partial charge in [-0.05, 0) is 42.3 Å². The molecule has 0 radical (unpaired) electrons. The molecule has 0 bridgehead atoms. The first-order valence-electron chi connectivity index (χ1n) is 5.99. The summed E-state index contributed by atoms with van der Waals surface area (Å²) in [4.78, 5) is 0. The lowest BCUT2D eigenvalue weighted by atomic mass is 10.1. The Morgan fingerprint density at radius 3 is 2.56 bits per heavy atom. The van der Waals surface area contributed by atoms with E-state index in [4.69, 9.17) is 5.73 Å². The maximum Gasteiger partial charge on any atom is 0.0962 e. The van der Waals surface area contributed by atoms with Crippen LogP contribution in [0, 0.1) is 6.92 Å². The number of aryl methyl sites for hydroxylation is 1. The van der Waals surface area contributed by atoms with E-state index in [9.17, 15) is 5.11 Å². The molecule has 3 nitrogen and oxygen atoms in total. The van der Waals surface area contributed by atoms with Crippen molar-refractivity contribution in [1.82, 2.24) is 0 Å². The second-order valence-electron chi connectivity index (χ2n) is 4.43. The highest BCUT2D eigenvalue weighted by Gasteiger charge is 2.06. The second-order valence-corrected chi connectivity index (χ2v) is 4.43. The predicted molar refractivity (Wildman–Crippen MR) is 75.5 cm³/mol. The quantitative estimate of drug-likeness (QED) is 0.722. The summed E-state index contributed by atoms with van der Waals surface area (Å²) in [5.74, 6) is 0. The summed E-state index contributed by atoms with van der Waals surface area (Å²) in [5, 5.41) is 13.3. The van der Waals surface area contributed by atoms with E-state index in [1.165, 1.54) is 5.56 Å². The van der Waals surface area contributed by atoms with Gasteiger partial charge in [-0.2, -0.15) is 0 Å². The molecule has 0 fully saturated rings. The first kappa shape index (κ1) is 12.5. The number of anilines is 2. The summed E-state index contributed by atoms with van der Waals surface area (Å²) in [5.41, 5.74) is 9.40. The van der Waals surface area contributed by atoms with Crippen molar-refractivity contribution in [3.8, 4) is 0 Å². The Morgan fingerprint density at radius 1 is 1.17 bits per heavy atom. The van der Waals surface area contributed by atoms with Crippen molar-refractivity contribution in [3.05, 3.63) is 59.7 Å². The summed E-state index contributed by atoms with van der Waals surface area (Å²) in [6, 6.07) is 15.4. The SMILES string of the molecule is Cc1cccc(NCC(O)c2ccc(N)cc2)c1. The third-order valence-corrected chi connectivity index (χ3v) is 2.84.